The zero-order chi connectivity index (χ0) is 17.0. The Morgan fingerprint density at radius 1 is 1.35 bits per heavy atom. The van der Waals surface area contributed by atoms with E-state index in [0.29, 0.717) is 19.4 Å². The lowest BCUT2D eigenvalue weighted by atomic mass is 9.88. The van der Waals surface area contributed by atoms with E-state index in [4.69, 9.17) is 0 Å². The number of nitrogens with one attached hydrogen (secondary N) is 1. The molecular weight excluding hydrogens is 306 g/mol. The summed E-state index contributed by atoms with van der Waals surface area (Å²) in [5, 5.41) is 13.1. The van der Waals surface area contributed by atoms with E-state index in [1.165, 1.54) is 18.0 Å². The molecule has 2 rings (SSSR count). The fourth-order valence-electron chi connectivity index (χ4n) is 2.77. The molecule has 1 atom stereocenters. The molecule has 0 bridgehead atoms. The molecule has 1 heterocycles. The number of piperidine rings is 1. The maximum Gasteiger partial charge on any atom is 0.254 e. The van der Waals surface area contributed by atoms with Gasteiger partial charge < -0.3 is 15.3 Å². The van der Waals surface area contributed by atoms with E-state index in [2.05, 4.69) is 5.32 Å². The van der Waals surface area contributed by atoms with Gasteiger partial charge in [0.2, 0.25) is 5.91 Å². The van der Waals surface area contributed by atoms with Crippen molar-refractivity contribution in [3.63, 3.8) is 0 Å². The molecule has 0 aliphatic carbocycles. The van der Waals surface area contributed by atoms with Crippen LogP contribution in [0.25, 0.3) is 0 Å². The quantitative estimate of drug-likeness (QED) is 0.880. The smallest absolute Gasteiger partial charge is 0.254 e. The third-order valence-corrected chi connectivity index (χ3v) is 4.11. The number of hydrogen-bond acceptors (Lipinski definition) is 3. The zero-order valence-electron chi connectivity index (χ0n) is 12.9. The van der Waals surface area contributed by atoms with Crippen LogP contribution in [-0.4, -0.2) is 47.6 Å². The lowest BCUT2D eigenvalue weighted by Crippen LogP contribution is -2.50. The molecule has 1 aromatic carbocycles. The van der Waals surface area contributed by atoms with Gasteiger partial charge in [-0.1, -0.05) is 0 Å². The first-order chi connectivity index (χ1) is 10.8. The Balaban J connectivity index is 2.06. The normalized spacial score (nSPS) is 21.1. The fourth-order valence-corrected chi connectivity index (χ4v) is 2.77. The highest BCUT2D eigenvalue weighted by Crippen LogP contribution is 2.27. The molecule has 23 heavy (non-hydrogen) atoms. The molecule has 0 saturated carbocycles. The Morgan fingerprint density at radius 2 is 2.09 bits per heavy atom. The molecule has 1 aliphatic heterocycles. The van der Waals surface area contributed by atoms with Crippen LogP contribution in [0.3, 0.4) is 0 Å². The molecule has 1 aromatic rings. The average Bonchev–Trinajstić information content (AvgIpc) is 2.54. The summed E-state index contributed by atoms with van der Waals surface area (Å²) in [5.74, 6) is -2.73. The van der Waals surface area contributed by atoms with Gasteiger partial charge in [0.1, 0.15) is 0 Å². The molecule has 7 heteroatoms. The third-order valence-electron chi connectivity index (χ3n) is 4.11. The summed E-state index contributed by atoms with van der Waals surface area (Å²) in [7, 11) is 1.52. The van der Waals surface area contributed by atoms with Crippen LogP contribution in [0.15, 0.2) is 18.2 Å². The molecule has 2 amide bonds. The zero-order valence-corrected chi connectivity index (χ0v) is 12.9. The maximum atomic E-state index is 13.3. The first kappa shape index (κ1) is 17.3. The average molecular weight is 326 g/mol. The summed E-state index contributed by atoms with van der Waals surface area (Å²) in [6.07, 6.45) is 1.49. The summed E-state index contributed by atoms with van der Waals surface area (Å²) < 4.78 is 26.2. The van der Waals surface area contributed by atoms with Crippen LogP contribution < -0.4 is 5.32 Å². The van der Waals surface area contributed by atoms with Crippen molar-refractivity contribution in [3.05, 3.63) is 35.4 Å². The first-order valence-electron chi connectivity index (χ1n) is 7.52. The molecular formula is C16H20F2N2O3. The molecule has 0 unspecified atom stereocenters. The van der Waals surface area contributed by atoms with Crippen LogP contribution >= 0.6 is 0 Å². The van der Waals surface area contributed by atoms with Gasteiger partial charge in [-0.2, -0.15) is 0 Å². The Morgan fingerprint density at radius 3 is 2.74 bits per heavy atom. The molecule has 1 saturated heterocycles. The topological polar surface area (TPSA) is 69.6 Å². The van der Waals surface area contributed by atoms with Gasteiger partial charge in [-0.05, 0) is 37.5 Å². The highest BCUT2D eigenvalue weighted by molar-refractivity contribution is 5.94. The van der Waals surface area contributed by atoms with Crippen LogP contribution in [0.2, 0.25) is 0 Å². The van der Waals surface area contributed by atoms with E-state index in [1.54, 1.807) is 0 Å². The molecule has 0 aromatic heterocycles. The first-order valence-corrected chi connectivity index (χ1v) is 7.52. The predicted octanol–water partition coefficient (Wildman–Crippen LogP) is 1.46. The summed E-state index contributed by atoms with van der Waals surface area (Å²) >= 11 is 0. The van der Waals surface area contributed by atoms with Gasteiger partial charge in [-0.25, -0.2) is 8.78 Å². The number of nitrogens with zero attached hydrogens (tertiary/aromatic N) is 1. The number of benzene rings is 1. The van der Waals surface area contributed by atoms with E-state index in [1.807, 2.05) is 0 Å². The fraction of sp³-hybridized carbons (Fsp3) is 0.500. The number of carbonyl (C=O) groups is 2. The predicted molar refractivity (Wildman–Crippen MR) is 79.7 cm³/mol. The van der Waals surface area contributed by atoms with Crippen molar-refractivity contribution in [2.45, 2.75) is 31.3 Å². The molecule has 2 N–H and O–H groups in total. The lowest BCUT2D eigenvalue weighted by molar-refractivity contribution is -0.122. The van der Waals surface area contributed by atoms with Crippen molar-refractivity contribution in [1.29, 1.82) is 0 Å². The number of rotatable bonds is 4. The van der Waals surface area contributed by atoms with Crippen LogP contribution in [0.4, 0.5) is 8.78 Å². The number of aliphatic hydroxyl groups is 1. The summed E-state index contributed by atoms with van der Waals surface area (Å²) in [6.45, 7) is 0.502. The molecule has 5 nitrogen and oxygen atoms in total. The molecule has 0 spiro atoms. The Kier molecular flexibility index (Phi) is 5.30. The van der Waals surface area contributed by atoms with Crippen molar-refractivity contribution in [1.82, 2.24) is 10.2 Å². The largest absolute Gasteiger partial charge is 0.388 e. The minimum absolute atomic E-state index is 0.0412. The van der Waals surface area contributed by atoms with E-state index < -0.39 is 23.1 Å². The van der Waals surface area contributed by atoms with Crippen LogP contribution in [0.1, 0.15) is 36.0 Å². The molecule has 126 valence electrons. The Labute approximate surface area is 133 Å². The molecule has 1 fully saturated rings. The van der Waals surface area contributed by atoms with E-state index in [0.717, 1.165) is 12.1 Å². The van der Waals surface area contributed by atoms with Gasteiger partial charge in [0.15, 0.2) is 11.6 Å². The van der Waals surface area contributed by atoms with E-state index in [9.17, 15) is 23.5 Å². The van der Waals surface area contributed by atoms with E-state index in [-0.39, 0.29) is 30.9 Å². The van der Waals surface area contributed by atoms with Gasteiger partial charge in [0.25, 0.3) is 5.91 Å². The highest BCUT2D eigenvalue weighted by Gasteiger charge is 2.35. The highest BCUT2D eigenvalue weighted by atomic mass is 19.2. The van der Waals surface area contributed by atoms with Crippen molar-refractivity contribution in [3.8, 4) is 0 Å². The number of likely N-dealkylation sites (tertiary alicyclic amines) is 1. The van der Waals surface area contributed by atoms with Gasteiger partial charge in [0.05, 0.1) is 5.60 Å². The van der Waals surface area contributed by atoms with Crippen LogP contribution in [0, 0.1) is 11.6 Å². The van der Waals surface area contributed by atoms with Gasteiger partial charge >= 0.3 is 0 Å². The van der Waals surface area contributed by atoms with Crippen molar-refractivity contribution >= 4 is 11.8 Å². The number of amides is 2. The number of hydrogen-bond donors (Lipinski definition) is 2. The monoisotopic (exact) mass is 326 g/mol. The molecule has 0 radical (unpaired) electrons. The van der Waals surface area contributed by atoms with E-state index >= 15 is 0 Å². The second kappa shape index (κ2) is 7.04. The van der Waals surface area contributed by atoms with Crippen molar-refractivity contribution in [2.75, 3.05) is 20.1 Å². The van der Waals surface area contributed by atoms with Crippen molar-refractivity contribution in [2.24, 2.45) is 0 Å². The number of carbonyl (C=O) groups excluding carboxylic acids is 2. The molecule has 1 aliphatic rings. The summed E-state index contributed by atoms with van der Waals surface area (Å²) in [6, 6.07) is 2.99. The summed E-state index contributed by atoms with van der Waals surface area (Å²) in [4.78, 5) is 25.1. The Bertz CT molecular complexity index is 609. The minimum atomic E-state index is -1.14. The second-order valence-corrected chi connectivity index (χ2v) is 5.86. The number of β-amino-alcohol motifs (C(OH)–C–C–N with tert-alkyl or cyclic N) is 1. The van der Waals surface area contributed by atoms with Gasteiger partial charge in [-0.3, -0.25) is 9.59 Å². The second-order valence-electron chi connectivity index (χ2n) is 5.86. The Hall–Kier alpha value is -2.02. The standard InChI is InChI=1S/C16H20F2N2O3/c1-19-14(21)5-7-16(23)6-2-8-20(10-16)15(22)11-3-4-12(17)13(18)9-11/h3-4,9,23H,2,5-8,10H2,1H3,(H,19,21)/t16-/m1/s1. The van der Waals surface area contributed by atoms with Crippen LogP contribution in [0.5, 0.6) is 0 Å². The maximum absolute atomic E-state index is 13.3. The van der Waals surface area contributed by atoms with Crippen LogP contribution in [-0.2, 0) is 4.79 Å². The third kappa shape index (κ3) is 4.25. The lowest BCUT2D eigenvalue weighted by Gasteiger charge is -2.39. The van der Waals surface area contributed by atoms with Gasteiger partial charge in [-0.15, -0.1) is 0 Å². The SMILES string of the molecule is CNC(=O)CC[C@]1(O)CCCN(C(=O)c2ccc(F)c(F)c2)C1. The minimum Gasteiger partial charge on any atom is -0.388 e. The van der Waals surface area contributed by atoms with Crippen molar-refractivity contribution < 1.29 is 23.5 Å². The number of halogens is 2. The van der Waals surface area contributed by atoms with Gasteiger partial charge in [0, 0.05) is 32.1 Å². The summed E-state index contributed by atoms with van der Waals surface area (Å²) in [5.41, 5.74) is -1.10.